The van der Waals surface area contributed by atoms with Crippen LogP contribution < -0.4 is 0 Å². The maximum Gasteiger partial charge on any atom is 0.162 e. The van der Waals surface area contributed by atoms with E-state index < -0.39 is 0 Å². The van der Waals surface area contributed by atoms with Crippen molar-refractivity contribution in [2.24, 2.45) is 0 Å². The Hall–Kier alpha value is -1.54. The second-order valence-electron chi connectivity index (χ2n) is 2.80. The van der Waals surface area contributed by atoms with Crippen LogP contribution in [0, 0.1) is 11.3 Å². The molecule has 0 saturated carbocycles. The van der Waals surface area contributed by atoms with Crippen molar-refractivity contribution in [3.63, 3.8) is 0 Å². The van der Waals surface area contributed by atoms with Gasteiger partial charge in [0.25, 0.3) is 0 Å². The Morgan fingerprint density at radius 3 is 3.14 bits per heavy atom. The van der Waals surface area contributed by atoms with Crippen LogP contribution in [0.4, 0.5) is 0 Å². The average Bonchev–Trinajstić information content (AvgIpc) is 2.61. The van der Waals surface area contributed by atoms with Crippen molar-refractivity contribution in [3.8, 4) is 6.07 Å². The lowest BCUT2D eigenvalue weighted by Crippen LogP contribution is -1.91. The van der Waals surface area contributed by atoms with E-state index in [9.17, 15) is 0 Å². The van der Waals surface area contributed by atoms with Gasteiger partial charge in [0.15, 0.2) is 5.65 Å². The summed E-state index contributed by atoms with van der Waals surface area (Å²) in [5.41, 5.74) is 1.34. The molecule has 14 heavy (non-hydrogen) atoms. The number of fused-ring (bicyclic) bond motifs is 1. The van der Waals surface area contributed by atoms with Crippen molar-refractivity contribution >= 4 is 17.4 Å². The number of rotatable bonds is 2. The van der Waals surface area contributed by atoms with Crippen LogP contribution in [0.1, 0.15) is 11.4 Å². The van der Waals surface area contributed by atoms with Gasteiger partial charge < -0.3 is 0 Å². The van der Waals surface area contributed by atoms with Gasteiger partial charge in [-0.25, -0.2) is 0 Å². The van der Waals surface area contributed by atoms with Gasteiger partial charge in [0, 0.05) is 12.3 Å². The molecular formula is C9H8N4S. The molecule has 0 amide bonds. The van der Waals surface area contributed by atoms with Crippen molar-refractivity contribution in [1.82, 2.24) is 14.6 Å². The zero-order valence-corrected chi connectivity index (χ0v) is 8.45. The minimum atomic E-state index is 0.612. The molecule has 5 heteroatoms. The highest BCUT2D eigenvalue weighted by atomic mass is 32.2. The summed E-state index contributed by atoms with van der Waals surface area (Å²) in [6.07, 6.45) is 3.85. The van der Waals surface area contributed by atoms with Crippen molar-refractivity contribution < 1.29 is 0 Å². The van der Waals surface area contributed by atoms with Gasteiger partial charge in [-0.2, -0.15) is 17.0 Å². The highest BCUT2D eigenvalue weighted by Crippen LogP contribution is 2.10. The summed E-state index contributed by atoms with van der Waals surface area (Å²) in [5.74, 6) is 1.74. The van der Waals surface area contributed by atoms with Crippen LogP contribution in [0.3, 0.4) is 0 Å². The van der Waals surface area contributed by atoms with Gasteiger partial charge in [0.2, 0.25) is 0 Å². The molecule has 0 saturated heterocycles. The number of nitrogens with zero attached hydrogens (tertiary/aromatic N) is 4. The maximum absolute atomic E-state index is 8.70. The fourth-order valence-corrected chi connectivity index (χ4v) is 1.69. The Kier molecular flexibility index (Phi) is 2.37. The molecule has 2 aromatic rings. The lowest BCUT2D eigenvalue weighted by atomic mass is 10.3. The Morgan fingerprint density at radius 1 is 1.57 bits per heavy atom. The Labute approximate surface area is 85.6 Å². The third kappa shape index (κ3) is 1.44. The number of hydrogen-bond donors (Lipinski definition) is 0. The van der Waals surface area contributed by atoms with Crippen LogP contribution in [0.15, 0.2) is 18.3 Å². The molecule has 0 N–H and O–H groups in total. The third-order valence-electron chi connectivity index (χ3n) is 1.88. The first-order valence-corrected chi connectivity index (χ1v) is 5.47. The van der Waals surface area contributed by atoms with Gasteiger partial charge in [-0.05, 0) is 12.3 Å². The second-order valence-corrected chi connectivity index (χ2v) is 3.67. The molecule has 0 aliphatic carbocycles. The number of pyridine rings is 1. The first kappa shape index (κ1) is 9.03. The predicted octanol–water partition coefficient (Wildman–Crippen LogP) is 1.46. The summed E-state index contributed by atoms with van der Waals surface area (Å²) in [5, 5.41) is 16.7. The molecule has 2 rings (SSSR count). The van der Waals surface area contributed by atoms with Gasteiger partial charge in [0.1, 0.15) is 5.82 Å². The van der Waals surface area contributed by atoms with E-state index >= 15 is 0 Å². The minimum absolute atomic E-state index is 0.612. The quantitative estimate of drug-likeness (QED) is 0.743. The topological polar surface area (TPSA) is 54.0 Å². The number of nitriles is 1. The predicted molar refractivity (Wildman–Crippen MR) is 54.9 cm³/mol. The van der Waals surface area contributed by atoms with Crippen molar-refractivity contribution in [2.45, 2.75) is 5.75 Å². The van der Waals surface area contributed by atoms with Crippen LogP contribution in [0.25, 0.3) is 5.65 Å². The Morgan fingerprint density at radius 2 is 2.43 bits per heavy atom. The summed E-state index contributed by atoms with van der Waals surface area (Å²) in [7, 11) is 0. The number of hydrogen-bond acceptors (Lipinski definition) is 4. The summed E-state index contributed by atoms with van der Waals surface area (Å²) >= 11 is 1.70. The number of thioether (sulfide) groups is 1. The van der Waals surface area contributed by atoms with Gasteiger partial charge >= 0.3 is 0 Å². The molecule has 0 unspecified atom stereocenters. The lowest BCUT2D eigenvalue weighted by Gasteiger charge is -1.96. The van der Waals surface area contributed by atoms with Crippen molar-refractivity contribution in [3.05, 3.63) is 29.7 Å². The summed E-state index contributed by atoms with van der Waals surface area (Å²) in [4.78, 5) is 0. The summed E-state index contributed by atoms with van der Waals surface area (Å²) in [6.45, 7) is 0. The Balaban J connectivity index is 2.55. The lowest BCUT2D eigenvalue weighted by molar-refractivity contribution is 0.991. The molecule has 4 nitrogen and oxygen atoms in total. The highest BCUT2D eigenvalue weighted by Gasteiger charge is 2.04. The van der Waals surface area contributed by atoms with E-state index in [2.05, 4.69) is 16.3 Å². The first-order valence-electron chi connectivity index (χ1n) is 4.08. The van der Waals surface area contributed by atoms with Gasteiger partial charge in [-0.15, -0.1) is 10.2 Å². The van der Waals surface area contributed by atoms with E-state index in [1.54, 1.807) is 23.9 Å². The molecule has 0 atom stereocenters. The van der Waals surface area contributed by atoms with Crippen molar-refractivity contribution in [2.75, 3.05) is 6.26 Å². The molecule has 0 fully saturated rings. The largest absolute Gasteiger partial charge is 0.286 e. The molecule has 0 aliphatic rings. The monoisotopic (exact) mass is 204 g/mol. The van der Waals surface area contributed by atoms with Crippen LogP contribution in [0.2, 0.25) is 0 Å². The van der Waals surface area contributed by atoms with E-state index in [1.807, 2.05) is 16.9 Å². The van der Waals surface area contributed by atoms with E-state index in [4.69, 9.17) is 5.26 Å². The average molecular weight is 204 g/mol. The molecule has 0 aromatic carbocycles. The molecule has 2 aromatic heterocycles. The fourth-order valence-electron chi connectivity index (χ4n) is 1.24. The van der Waals surface area contributed by atoms with E-state index in [0.29, 0.717) is 5.56 Å². The maximum atomic E-state index is 8.70. The zero-order chi connectivity index (χ0) is 9.97. The van der Waals surface area contributed by atoms with Crippen molar-refractivity contribution in [1.29, 1.82) is 5.26 Å². The Bertz CT molecular complexity index is 497. The second kappa shape index (κ2) is 3.68. The van der Waals surface area contributed by atoms with E-state index in [0.717, 1.165) is 17.2 Å². The summed E-state index contributed by atoms with van der Waals surface area (Å²) in [6, 6.07) is 5.57. The van der Waals surface area contributed by atoms with Crippen LogP contribution in [-0.4, -0.2) is 20.9 Å². The van der Waals surface area contributed by atoms with Gasteiger partial charge in [0.05, 0.1) is 17.4 Å². The fraction of sp³-hybridized carbons (Fsp3) is 0.222. The van der Waals surface area contributed by atoms with Crippen LogP contribution >= 0.6 is 11.8 Å². The first-order chi connectivity index (χ1) is 6.85. The van der Waals surface area contributed by atoms with E-state index in [-0.39, 0.29) is 0 Å². The molecule has 0 radical (unpaired) electrons. The molecule has 2 heterocycles. The van der Waals surface area contributed by atoms with Gasteiger partial charge in [-0.3, -0.25) is 4.40 Å². The normalized spacial score (nSPS) is 10.3. The highest BCUT2D eigenvalue weighted by molar-refractivity contribution is 7.97. The molecule has 70 valence electrons. The zero-order valence-electron chi connectivity index (χ0n) is 7.64. The molecule has 0 bridgehead atoms. The minimum Gasteiger partial charge on any atom is -0.286 e. The number of aromatic nitrogens is 3. The van der Waals surface area contributed by atoms with Gasteiger partial charge in [-0.1, -0.05) is 0 Å². The standard InChI is InChI=1S/C9H8N4S/c1-14-6-9-12-11-8-4-7(5-10)2-3-13(8)9/h2-4H,6H2,1H3. The van der Waals surface area contributed by atoms with E-state index in [1.165, 1.54) is 0 Å². The molecule has 0 aliphatic heterocycles. The van der Waals surface area contributed by atoms with Crippen LogP contribution in [0.5, 0.6) is 0 Å². The SMILES string of the molecule is CSCc1nnc2cc(C#N)ccn12. The smallest absolute Gasteiger partial charge is 0.162 e. The van der Waals surface area contributed by atoms with Crippen LogP contribution in [-0.2, 0) is 5.75 Å². The third-order valence-corrected chi connectivity index (χ3v) is 2.43. The summed E-state index contributed by atoms with van der Waals surface area (Å²) < 4.78 is 1.90. The molecular weight excluding hydrogens is 196 g/mol. The molecule has 0 spiro atoms.